The first kappa shape index (κ1) is 14.2. The number of hydrogen-bond acceptors (Lipinski definition) is 2. The summed E-state index contributed by atoms with van der Waals surface area (Å²) in [5.74, 6) is 0. The molecule has 3 rings (SSSR count). The molecule has 0 heterocycles. The van der Waals surface area contributed by atoms with E-state index in [1.807, 2.05) is 18.7 Å². The van der Waals surface area contributed by atoms with Crippen molar-refractivity contribution in [3.05, 3.63) is 57.6 Å². The van der Waals surface area contributed by atoms with E-state index in [1.54, 1.807) is 0 Å². The van der Waals surface area contributed by atoms with Crippen LogP contribution in [-0.2, 0) is 12.8 Å². The van der Waals surface area contributed by atoms with Crippen molar-refractivity contribution in [3.8, 4) is 0 Å². The standard InChI is InChI=1S/C17H18BrNS/c1-11(19)13-6-8-17(16(18)10-13)20-15-7-5-12-3-2-4-14(12)9-15/h5-11H,2-4,19H2,1H3/t11-/m0/s1. The third-order valence-corrected chi connectivity index (χ3v) is 5.76. The SMILES string of the molecule is C[C@H](N)c1ccc(Sc2ccc3c(c2)CCC3)c(Br)c1. The van der Waals surface area contributed by atoms with Crippen LogP contribution in [0, 0.1) is 0 Å². The predicted molar refractivity (Wildman–Crippen MR) is 89.3 cm³/mol. The van der Waals surface area contributed by atoms with Gasteiger partial charge in [-0.3, -0.25) is 0 Å². The molecule has 0 saturated heterocycles. The van der Waals surface area contributed by atoms with Crippen molar-refractivity contribution in [2.45, 2.75) is 42.0 Å². The molecule has 0 spiro atoms. The molecule has 0 amide bonds. The van der Waals surface area contributed by atoms with Crippen LogP contribution in [0.5, 0.6) is 0 Å². The zero-order valence-electron chi connectivity index (χ0n) is 11.5. The zero-order chi connectivity index (χ0) is 14.1. The summed E-state index contributed by atoms with van der Waals surface area (Å²) in [5.41, 5.74) is 10.1. The Bertz CT molecular complexity index is 637. The number of nitrogens with two attached hydrogens (primary N) is 1. The molecule has 1 nitrogen and oxygen atoms in total. The van der Waals surface area contributed by atoms with Crippen molar-refractivity contribution in [2.24, 2.45) is 5.73 Å². The van der Waals surface area contributed by atoms with Crippen LogP contribution in [-0.4, -0.2) is 0 Å². The van der Waals surface area contributed by atoms with E-state index >= 15 is 0 Å². The normalized spacial score (nSPS) is 15.2. The molecule has 2 N–H and O–H groups in total. The second-order valence-electron chi connectivity index (χ2n) is 5.36. The second kappa shape index (κ2) is 5.92. The minimum absolute atomic E-state index is 0.0744. The average Bonchev–Trinajstić information content (AvgIpc) is 2.88. The quantitative estimate of drug-likeness (QED) is 0.834. The Labute approximate surface area is 133 Å². The van der Waals surface area contributed by atoms with Gasteiger partial charge in [-0.1, -0.05) is 23.9 Å². The van der Waals surface area contributed by atoms with Crippen molar-refractivity contribution < 1.29 is 0 Å². The van der Waals surface area contributed by atoms with E-state index in [9.17, 15) is 0 Å². The van der Waals surface area contributed by atoms with E-state index in [-0.39, 0.29) is 6.04 Å². The maximum Gasteiger partial charge on any atom is 0.0318 e. The fraction of sp³-hybridized carbons (Fsp3) is 0.294. The van der Waals surface area contributed by atoms with Crippen LogP contribution in [0.4, 0.5) is 0 Å². The number of aryl methyl sites for hydroxylation is 2. The number of rotatable bonds is 3. The molecule has 0 fully saturated rings. The summed E-state index contributed by atoms with van der Waals surface area (Å²) >= 11 is 5.47. The minimum atomic E-state index is 0.0744. The van der Waals surface area contributed by atoms with Crippen LogP contribution < -0.4 is 5.73 Å². The second-order valence-corrected chi connectivity index (χ2v) is 7.33. The molecular formula is C17H18BrNS. The Morgan fingerprint density at radius 2 is 1.90 bits per heavy atom. The third kappa shape index (κ3) is 2.95. The summed E-state index contributed by atoms with van der Waals surface area (Å²) in [6.45, 7) is 2.01. The number of halogens is 1. The van der Waals surface area contributed by atoms with Gasteiger partial charge in [0.15, 0.2) is 0 Å². The highest BCUT2D eigenvalue weighted by Crippen LogP contribution is 2.36. The van der Waals surface area contributed by atoms with Crippen LogP contribution in [0.15, 0.2) is 50.7 Å². The lowest BCUT2D eigenvalue weighted by Gasteiger charge is -2.10. The van der Waals surface area contributed by atoms with E-state index in [2.05, 4.69) is 52.3 Å². The summed E-state index contributed by atoms with van der Waals surface area (Å²) < 4.78 is 1.12. The van der Waals surface area contributed by atoms with Gasteiger partial charge >= 0.3 is 0 Å². The van der Waals surface area contributed by atoms with Gasteiger partial charge in [0.2, 0.25) is 0 Å². The van der Waals surface area contributed by atoms with Crippen molar-refractivity contribution in [1.29, 1.82) is 0 Å². The molecule has 1 aliphatic rings. The minimum Gasteiger partial charge on any atom is -0.324 e. The molecule has 1 aliphatic carbocycles. The van der Waals surface area contributed by atoms with Gasteiger partial charge in [0.1, 0.15) is 0 Å². The molecule has 0 unspecified atom stereocenters. The third-order valence-electron chi connectivity index (χ3n) is 3.78. The van der Waals surface area contributed by atoms with Gasteiger partial charge in [0, 0.05) is 20.3 Å². The first-order valence-electron chi connectivity index (χ1n) is 6.98. The summed E-state index contributed by atoms with van der Waals surface area (Å²) in [6, 6.07) is 13.3. The molecule has 20 heavy (non-hydrogen) atoms. The summed E-state index contributed by atoms with van der Waals surface area (Å²) in [5, 5.41) is 0. The largest absolute Gasteiger partial charge is 0.324 e. The van der Waals surface area contributed by atoms with Gasteiger partial charge in [0.05, 0.1) is 0 Å². The van der Waals surface area contributed by atoms with Crippen LogP contribution >= 0.6 is 27.7 Å². The van der Waals surface area contributed by atoms with E-state index in [4.69, 9.17) is 5.73 Å². The van der Waals surface area contributed by atoms with Crippen LogP contribution in [0.1, 0.15) is 36.1 Å². The van der Waals surface area contributed by atoms with Crippen LogP contribution in [0.3, 0.4) is 0 Å². The van der Waals surface area contributed by atoms with Crippen LogP contribution in [0.2, 0.25) is 0 Å². The summed E-state index contributed by atoms with van der Waals surface area (Å²) in [4.78, 5) is 2.56. The summed E-state index contributed by atoms with van der Waals surface area (Å²) in [7, 11) is 0. The Balaban J connectivity index is 1.84. The fourth-order valence-corrected chi connectivity index (χ4v) is 4.14. The maximum atomic E-state index is 5.92. The number of hydrogen-bond donors (Lipinski definition) is 1. The Kier molecular flexibility index (Phi) is 4.20. The van der Waals surface area contributed by atoms with Gasteiger partial charge in [-0.15, -0.1) is 0 Å². The van der Waals surface area contributed by atoms with Crippen molar-refractivity contribution in [3.63, 3.8) is 0 Å². The Morgan fingerprint density at radius 1 is 1.10 bits per heavy atom. The monoisotopic (exact) mass is 347 g/mol. The summed E-state index contributed by atoms with van der Waals surface area (Å²) in [6.07, 6.45) is 3.78. The lowest BCUT2D eigenvalue weighted by molar-refractivity contribution is 0.815. The topological polar surface area (TPSA) is 26.0 Å². The molecule has 0 aliphatic heterocycles. The van der Waals surface area contributed by atoms with E-state index in [0.29, 0.717) is 0 Å². The fourth-order valence-electron chi connectivity index (χ4n) is 2.62. The van der Waals surface area contributed by atoms with E-state index < -0.39 is 0 Å². The molecule has 0 bridgehead atoms. The highest BCUT2D eigenvalue weighted by molar-refractivity contribution is 9.10. The molecule has 104 valence electrons. The van der Waals surface area contributed by atoms with Crippen molar-refractivity contribution in [2.75, 3.05) is 0 Å². The van der Waals surface area contributed by atoms with Gasteiger partial charge < -0.3 is 5.73 Å². The Hall–Kier alpha value is -0.770. The highest BCUT2D eigenvalue weighted by atomic mass is 79.9. The first-order chi connectivity index (χ1) is 9.63. The maximum absolute atomic E-state index is 5.92. The Morgan fingerprint density at radius 3 is 2.65 bits per heavy atom. The number of fused-ring (bicyclic) bond motifs is 1. The van der Waals surface area contributed by atoms with Crippen molar-refractivity contribution in [1.82, 2.24) is 0 Å². The molecule has 2 aromatic carbocycles. The van der Waals surface area contributed by atoms with Crippen LogP contribution in [0.25, 0.3) is 0 Å². The molecule has 0 aromatic heterocycles. The molecule has 3 heteroatoms. The van der Waals surface area contributed by atoms with Gasteiger partial charge in [-0.25, -0.2) is 0 Å². The zero-order valence-corrected chi connectivity index (χ0v) is 13.9. The molecular weight excluding hydrogens is 330 g/mol. The average molecular weight is 348 g/mol. The predicted octanol–water partition coefficient (Wildman–Crippen LogP) is 5.11. The smallest absolute Gasteiger partial charge is 0.0318 e. The molecule has 0 radical (unpaired) electrons. The molecule has 1 atom stereocenters. The highest BCUT2D eigenvalue weighted by Gasteiger charge is 2.12. The lowest BCUT2D eigenvalue weighted by atomic mass is 10.1. The van der Waals surface area contributed by atoms with Gasteiger partial charge in [-0.2, -0.15) is 0 Å². The van der Waals surface area contributed by atoms with E-state index in [0.717, 1.165) is 10.0 Å². The molecule has 2 aromatic rings. The first-order valence-corrected chi connectivity index (χ1v) is 8.59. The van der Waals surface area contributed by atoms with E-state index in [1.165, 1.54) is 40.2 Å². The van der Waals surface area contributed by atoms with Gasteiger partial charge in [0.25, 0.3) is 0 Å². The van der Waals surface area contributed by atoms with Crippen molar-refractivity contribution >= 4 is 27.7 Å². The number of benzene rings is 2. The lowest BCUT2D eigenvalue weighted by Crippen LogP contribution is -2.04. The molecule has 0 saturated carbocycles. The van der Waals surface area contributed by atoms with Gasteiger partial charge in [-0.05, 0) is 83.1 Å².